The molecule has 0 radical (unpaired) electrons. The lowest BCUT2D eigenvalue weighted by Gasteiger charge is -2.28. The van der Waals surface area contributed by atoms with Gasteiger partial charge >= 0.3 is 0 Å². The number of hydrogen-bond acceptors (Lipinski definition) is 3. The Balaban J connectivity index is 1.70. The van der Waals surface area contributed by atoms with Crippen LogP contribution in [0.2, 0.25) is 0 Å². The zero-order valence-electron chi connectivity index (χ0n) is 12.3. The van der Waals surface area contributed by atoms with Crippen LogP contribution in [-0.2, 0) is 9.53 Å². The van der Waals surface area contributed by atoms with Gasteiger partial charge in [-0.1, -0.05) is 6.92 Å². The number of carbonyl (C=O) groups is 1. The average molecular weight is 268 g/mol. The molecule has 2 fully saturated rings. The van der Waals surface area contributed by atoms with Crippen LogP contribution in [0.5, 0.6) is 0 Å². The zero-order valence-corrected chi connectivity index (χ0v) is 12.3. The second-order valence-corrected chi connectivity index (χ2v) is 6.27. The smallest absolute Gasteiger partial charge is 0.220 e. The highest BCUT2D eigenvalue weighted by Crippen LogP contribution is 2.23. The maximum atomic E-state index is 12.1. The first-order valence-electron chi connectivity index (χ1n) is 7.74. The van der Waals surface area contributed by atoms with Gasteiger partial charge in [-0.15, -0.1) is 0 Å². The number of hydrogen-bond donors (Lipinski definition) is 2. The fourth-order valence-corrected chi connectivity index (χ4v) is 3.20. The van der Waals surface area contributed by atoms with Crippen molar-refractivity contribution in [2.45, 2.75) is 45.6 Å². The molecule has 0 saturated carbocycles. The molecule has 2 heterocycles. The minimum absolute atomic E-state index is 0.206. The molecule has 19 heavy (non-hydrogen) atoms. The van der Waals surface area contributed by atoms with Crippen molar-refractivity contribution in [3.63, 3.8) is 0 Å². The summed E-state index contributed by atoms with van der Waals surface area (Å²) < 4.78 is 5.38. The van der Waals surface area contributed by atoms with Crippen LogP contribution in [0.3, 0.4) is 0 Å². The van der Waals surface area contributed by atoms with Crippen molar-refractivity contribution in [3.8, 4) is 0 Å². The lowest BCUT2D eigenvalue weighted by atomic mass is 9.85. The summed E-state index contributed by atoms with van der Waals surface area (Å²) in [5.41, 5.74) is 0. The van der Waals surface area contributed by atoms with Gasteiger partial charge in [0.25, 0.3) is 0 Å². The van der Waals surface area contributed by atoms with Crippen LogP contribution in [0.25, 0.3) is 0 Å². The molecule has 0 aliphatic carbocycles. The zero-order chi connectivity index (χ0) is 13.7. The lowest BCUT2D eigenvalue weighted by Crippen LogP contribution is -2.40. The van der Waals surface area contributed by atoms with E-state index in [-0.39, 0.29) is 11.9 Å². The van der Waals surface area contributed by atoms with E-state index in [2.05, 4.69) is 24.5 Å². The molecule has 0 aromatic heterocycles. The normalized spacial score (nSPS) is 30.8. The topological polar surface area (TPSA) is 50.4 Å². The Morgan fingerprint density at radius 1 is 1.37 bits per heavy atom. The molecule has 2 aliphatic rings. The van der Waals surface area contributed by atoms with Crippen molar-refractivity contribution in [1.82, 2.24) is 10.6 Å². The highest BCUT2D eigenvalue weighted by atomic mass is 16.5. The number of piperidine rings is 1. The van der Waals surface area contributed by atoms with Crippen molar-refractivity contribution >= 4 is 5.91 Å². The number of nitrogens with one attached hydrogen (secondary N) is 2. The summed E-state index contributed by atoms with van der Waals surface area (Å²) in [7, 11) is 0. The van der Waals surface area contributed by atoms with Crippen molar-refractivity contribution in [1.29, 1.82) is 0 Å². The quantitative estimate of drug-likeness (QED) is 0.795. The third-order valence-corrected chi connectivity index (χ3v) is 4.71. The van der Waals surface area contributed by atoms with E-state index in [0.717, 1.165) is 32.7 Å². The maximum Gasteiger partial charge on any atom is 0.220 e. The van der Waals surface area contributed by atoms with Crippen LogP contribution in [0, 0.1) is 17.8 Å². The van der Waals surface area contributed by atoms with Gasteiger partial charge in [-0.05, 0) is 51.1 Å². The molecule has 4 heteroatoms. The van der Waals surface area contributed by atoms with E-state index in [1.54, 1.807) is 0 Å². The molecule has 110 valence electrons. The predicted molar refractivity (Wildman–Crippen MR) is 75.9 cm³/mol. The van der Waals surface area contributed by atoms with Gasteiger partial charge in [-0.25, -0.2) is 0 Å². The first kappa shape index (κ1) is 14.8. The molecular formula is C15H28N2O2. The van der Waals surface area contributed by atoms with Crippen LogP contribution >= 0.6 is 0 Å². The summed E-state index contributed by atoms with van der Waals surface area (Å²) in [4.78, 5) is 12.1. The van der Waals surface area contributed by atoms with Crippen LogP contribution < -0.4 is 10.6 Å². The largest absolute Gasteiger partial charge is 0.381 e. The molecule has 4 atom stereocenters. The molecule has 0 bridgehead atoms. The van der Waals surface area contributed by atoms with E-state index < -0.39 is 0 Å². The van der Waals surface area contributed by atoms with Gasteiger partial charge in [0.05, 0.1) is 6.61 Å². The Morgan fingerprint density at radius 3 is 2.84 bits per heavy atom. The lowest BCUT2D eigenvalue weighted by molar-refractivity contribution is -0.123. The van der Waals surface area contributed by atoms with Gasteiger partial charge in [0.2, 0.25) is 5.91 Å². The highest BCUT2D eigenvalue weighted by molar-refractivity contribution is 5.76. The molecule has 0 aromatic carbocycles. The molecule has 4 unspecified atom stereocenters. The van der Waals surface area contributed by atoms with E-state index in [1.165, 1.54) is 12.8 Å². The van der Waals surface area contributed by atoms with E-state index >= 15 is 0 Å². The molecule has 4 nitrogen and oxygen atoms in total. The average Bonchev–Trinajstić information content (AvgIpc) is 2.93. The summed E-state index contributed by atoms with van der Waals surface area (Å²) in [6, 6.07) is 0.242. The molecule has 0 spiro atoms. The molecule has 2 saturated heterocycles. The Bertz CT molecular complexity index is 284. The van der Waals surface area contributed by atoms with Gasteiger partial charge in [0, 0.05) is 25.0 Å². The minimum atomic E-state index is 0.206. The standard InChI is InChI=1S/C15H28N2O2/c1-11(13-4-3-6-16-9-13)8-15(18)17-12(2)14-5-7-19-10-14/h11-14,16H,3-10H2,1-2H3,(H,17,18). The fraction of sp³-hybridized carbons (Fsp3) is 0.933. The highest BCUT2D eigenvalue weighted by Gasteiger charge is 2.26. The summed E-state index contributed by atoms with van der Waals surface area (Å²) in [6.07, 6.45) is 4.23. The second-order valence-electron chi connectivity index (χ2n) is 6.27. The Kier molecular flexibility index (Phi) is 5.64. The number of carbonyl (C=O) groups excluding carboxylic acids is 1. The monoisotopic (exact) mass is 268 g/mol. The molecule has 2 rings (SSSR count). The Morgan fingerprint density at radius 2 is 2.21 bits per heavy atom. The first-order chi connectivity index (χ1) is 9.16. The van der Waals surface area contributed by atoms with E-state index in [1.807, 2.05) is 0 Å². The van der Waals surface area contributed by atoms with Crippen molar-refractivity contribution in [3.05, 3.63) is 0 Å². The van der Waals surface area contributed by atoms with Gasteiger partial charge in [0.1, 0.15) is 0 Å². The van der Waals surface area contributed by atoms with Crippen LogP contribution in [-0.4, -0.2) is 38.3 Å². The summed E-state index contributed by atoms with van der Waals surface area (Å²) in [5.74, 6) is 1.83. The summed E-state index contributed by atoms with van der Waals surface area (Å²) in [5, 5.41) is 6.58. The number of amides is 1. The fourth-order valence-electron chi connectivity index (χ4n) is 3.20. The van der Waals surface area contributed by atoms with Gasteiger partial charge in [-0.2, -0.15) is 0 Å². The number of rotatable bonds is 5. The SMILES string of the molecule is CC(CC(=O)NC(C)C1CCOC1)C1CCCNC1. The second kappa shape index (κ2) is 7.25. The van der Waals surface area contributed by atoms with Gasteiger partial charge in [-0.3, -0.25) is 4.79 Å². The Labute approximate surface area is 116 Å². The maximum absolute atomic E-state index is 12.1. The van der Waals surface area contributed by atoms with Crippen LogP contribution in [0.4, 0.5) is 0 Å². The third kappa shape index (κ3) is 4.46. The summed E-state index contributed by atoms with van der Waals surface area (Å²) in [6.45, 7) is 8.15. The molecule has 2 aliphatic heterocycles. The molecule has 2 N–H and O–H groups in total. The van der Waals surface area contributed by atoms with E-state index in [0.29, 0.717) is 24.2 Å². The van der Waals surface area contributed by atoms with E-state index in [4.69, 9.17) is 4.74 Å². The predicted octanol–water partition coefficient (Wildman–Crippen LogP) is 1.55. The summed E-state index contributed by atoms with van der Waals surface area (Å²) >= 11 is 0. The third-order valence-electron chi connectivity index (χ3n) is 4.71. The first-order valence-corrected chi connectivity index (χ1v) is 7.74. The van der Waals surface area contributed by atoms with Crippen molar-refractivity contribution < 1.29 is 9.53 Å². The molecular weight excluding hydrogens is 240 g/mol. The number of ether oxygens (including phenoxy) is 1. The van der Waals surface area contributed by atoms with E-state index in [9.17, 15) is 4.79 Å². The Hall–Kier alpha value is -0.610. The molecule has 0 aromatic rings. The van der Waals surface area contributed by atoms with Crippen molar-refractivity contribution in [2.24, 2.45) is 17.8 Å². The minimum Gasteiger partial charge on any atom is -0.381 e. The van der Waals surface area contributed by atoms with Crippen LogP contribution in [0.1, 0.15) is 39.5 Å². The van der Waals surface area contributed by atoms with Crippen LogP contribution in [0.15, 0.2) is 0 Å². The van der Waals surface area contributed by atoms with Gasteiger partial charge in [0.15, 0.2) is 0 Å². The molecule has 1 amide bonds. The van der Waals surface area contributed by atoms with Gasteiger partial charge < -0.3 is 15.4 Å². The van der Waals surface area contributed by atoms with Crippen molar-refractivity contribution in [2.75, 3.05) is 26.3 Å².